The van der Waals surface area contributed by atoms with E-state index in [0.717, 1.165) is 29.1 Å². The van der Waals surface area contributed by atoms with E-state index in [1.54, 1.807) is 31.4 Å². The number of ether oxygens (including phenoxy) is 1. The van der Waals surface area contributed by atoms with E-state index in [9.17, 15) is 9.59 Å². The smallest absolute Gasteiger partial charge is 0.279 e. The van der Waals surface area contributed by atoms with Crippen molar-refractivity contribution in [2.45, 2.75) is 25.4 Å². The van der Waals surface area contributed by atoms with Crippen LogP contribution in [0.3, 0.4) is 0 Å². The lowest BCUT2D eigenvalue weighted by molar-refractivity contribution is -0.862. The number of amides is 2. The summed E-state index contributed by atoms with van der Waals surface area (Å²) in [5.74, 6) is 0.736. The molecule has 1 saturated carbocycles. The Bertz CT molecular complexity index is 835. The van der Waals surface area contributed by atoms with Crippen LogP contribution in [-0.4, -0.2) is 50.0 Å². The van der Waals surface area contributed by atoms with Crippen LogP contribution < -0.4 is 15.0 Å². The number of carbonyl (C=O) groups is 2. The first kappa shape index (κ1) is 21.1. The standard InChI is InChI=1S/C22H26ClN3O3/c1-25(14-21(27)24-18-7-5-17(23)6-8-18)15-22(28)26(19-9-10-19)13-16-3-11-20(29-2)12-4-16/h3-8,11-12,19H,9-10,13-15H2,1-2H3,(H,24,27)/p+1. The zero-order valence-electron chi connectivity index (χ0n) is 16.8. The van der Waals surface area contributed by atoms with Gasteiger partial charge in [0, 0.05) is 23.3 Å². The number of quaternary nitrogens is 1. The van der Waals surface area contributed by atoms with Gasteiger partial charge in [-0.05, 0) is 54.8 Å². The highest BCUT2D eigenvalue weighted by molar-refractivity contribution is 6.30. The molecule has 1 aliphatic carbocycles. The molecule has 0 spiro atoms. The summed E-state index contributed by atoms with van der Waals surface area (Å²) in [5, 5.41) is 3.45. The van der Waals surface area contributed by atoms with Crippen LogP contribution in [0.4, 0.5) is 5.69 Å². The molecule has 2 aromatic rings. The number of benzene rings is 2. The first-order valence-electron chi connectivity index (χ1n) is 9.73. The molecule has 0 aromatic heterocycles. The van der Waals surface area contributed by atoms with Gasteiger partial charge in [0.2, 0.25) is 0 Å². The van der Waals surface area contributed by atoms with Crippen molar-refractivity contribution in [2.24, 2.45) is 0 Å². The van der Waals surface area contributed by atoms with E-state index in [1.165, 1.54) is 0 Å². The third kappa shape index (κ3) is 6.48. The third-order valence-corrected chi connectivity index (χ3v) is 5.12. The Labute approximate surface area is 176 Å². The zero-order chi connectivity index (χ0) is 20.8. The molecule has 7 heteroatoms. The molecule has 6 nitrogen and oxygen atoms in total. The van der Waals surface area contributed by atoms with Crippen molar-refractivity contribution in [3.8, 4) is 5.75 Å². The Morgan fingerprint density at radius 3 is 2.34 bits per heavy atom. The number of hydrogen-bond donors (Lipinski definition) is 2. The van der Waals surface area contributed by atoms with Crippen molar-refractivity contribution < 1.29 is 19.2 Å². The molecule has 0 bridgehead atoms. The predicted molar refractivity (Wildman–Crippen MR) is 113 cm³/mol. The second-order valence-corrected chi connectivity index (χ2v) is 7.90. The second kappa shape index (κ2) is 9.76. The zero-order valence-corrected chi connectivity index (χ0v) is 17.5. The lowest BCUT2D eigenvalue weighted by Crippen LogP contribution is -3.11. The van der Waals surface area contributed by atoms with Gasteiger partial charge in [-0.1, -0.05) is 23.7 Å². The maximum absolute atomic E-state index is 12.9. The number of carbonyl (C=O) groups excluding carboxylic acids is 2. The molecule has 1 aliphatic rings. The average Bonchev–Trinajstić information content (AvgIpc) is 3.53. The molecular formula is C22H27ClN3O3+. The molecule has 1 fully saturated rings. The number of halogens is 1. The van der Waals surface area contributed by atoms with Crippen molar-refractivity contribution in [3.63, 3.8) is 0 Å². The predicted octanol–water partition coefficient (Wildman–Crippen LogP) is 1.99. The quantitative estimate of drug-likeness (QED) is 0.657. The largest absolute Gasteiger partial charge is 0.497 e. The first-order chi connectivity index (χ1) is 13.9. The number of rotatable bonds is 9. The van der Waals surface area contributed by atoms with E-state index in [0.29, 0.717) is 23.3 Å². The minimum Gasteiger partial charge on any atom is -0.497 e. The summed E-state index contributed by atoms with van der Waals surface area (Å²) in [6.45, 7) is 1.08. The Morgan fingerprint density at radius 1 is 1.10 bits per heavy atom. The van der Waals surface area contributed by atoms with Crippen LogP contribution in [0.25, 0.3) is 0 Å². The lowest BCUT2D eigenvalue weighted by atomic mass is 10.2. The lowest BCUT2D eigenvalue weighted by Gasteiger charge is -2.24. The third-order valence-electron chi connectivity index (χ3n) is 4.86. The molecule has 2 aromatic carbocycles. The number of likely N-dealkylation sites (N-methyl/N-ethyl adjacent to an activating group) is 1. The SMILES string of the molecule is COc1ccc(CN(C(=O)C[NH+](C)CC(=O)Nc2ccc(Cl)cc2)C2CC2)cc1. The summed E-state index contributed by atoms with van der Waals surface area (Å²) in [4.78, 5) is 27.9. The number of nitrogens with zero attached hydrogens (tertiary/aromatic N) is 1. The van der Waals surface area contributed by atoms with Crippen LogP contribution in [0.2, 0.25) is 5.02 Å². The van der Waals surface area contributed by atoms with Crippen molar-refractivity contribution in [2.75, 3.05) is 32.6 Å². The second-order valence-electron chi connectivity index (χ2n) is 7.47. The Hall–Kier alpha value is -2.57. The first-order valence-corrected chi connectivity index (χ1v) is 10.1. The molecule has 2 N–H and O–H groups in total. The van der Waals surface area contributed by atoms with E-state index in [2.05, 4.69) is 5.32 Å². The normalized spacial score (nSPS) is 14.2. The molecule has 1 unspecified atom stereocenters. The summed E-state index contributed by atoms with van der Waals surface area (Å²) in [7, 11) is 3.49. The molecule has 0 aliphatic heterocycles. The Morgan fingerprint density at radius 2 is 1.76 bits per heavy atom. The molecule has 0 radical (unpaired) electrons. The fourth-order valence-corrected chi connectivity index (χ4v) is 3.30. The molecular weight excluding hydrogens is 390 g/mol. The average molecular weight is 417 g/mol. The van der Waals surface area contributed by atoms with Gasteiger partial charge in [0.1, 0.15) is 5.75 Å². The van der Waals surface area contributed by atoms with Gasteiger partial charge in [0.05, 0.1) is 14.2 Å². The topological polar surface area (TPSA) is 63.1 Å². The van der Waals surface area contributed by atoms with Crippen molar-refractivity contribution in [1.82, 2.24) is 4.90 Å². The van der Waals surface area contributed by atoms with Gasteiger partial charge in [-0.25, -0.2) is 0 Å². The summed E-state index contributed by atoms with van der Waals surface area (Å²) in [6.07, 6.45) is 2.08. The van der Waals surface area contributed by atoms with Gasteiger partial charge in [0.15, 0.2) is 13.1 Å². The van der Waals surface area contributed by atoms with Crippen molar-refractivity contribution in [3.05, 3.63) is 59.1 Å². The fraction of sp³-hybridized carbons (Fsp3) is 0.364. The maximum atomic E-state index is 12.9. The highest BCUT2D eigenvalue weighted by Gasteiger charge is 2.33. The van der Waals surface area contributed by atoms with Crippen LogP contribution >= 0.6 is 11.6 Å². The molecule has 1 atom stereocenters. The number of hydrogen-bond acceptors (Lipinski definition) is 3. The van der Waals surface area contributed by atoms with Crippen LogP contribution in [0.1, 0.15) is 18.4 Å². The summed E-state index contributed by atoms with van der Waals surface area (Å²) < 4.78 is 5.19. The van der Waals surface area contributed by atoms with Crippen LogP contribution in [0, 0.1) is 0 Å². The van der Waals surface area contributed by atoms with E-state index in [4.69, 9.17) is 16.3 Å². The Balaban J connectivity index is 1.52. The molecule has 154 valence electrons. The van der Waals surface area contributed by atoms with E-state index >= 15 is 0 Å². The monoisotopic (exact) mass is 416 g/mol. The summed E-state index contributed by atoms with van der Waals surface area (Å²) >= 11 is 5.86. The van der Waals surface area contributed by atoms with Crippen molar-refractivity contribution in [1.29, 1.82) is 0 Å². The molecule has 0 saturated heterocycles. The number of methoxy groups -OCH3 is 1. The van der Waals surface area contributed by atoms with Gasteiger partial charge >= 0.3 is 0 Å². The van der Waals surface area contributed by atoms with E-state index in [-0.39, 0.29) is 24.9 Å². The molecule has 0 heterocycles. The van der Waals surface area contributed by atoms with Crippen molar-refractivity contribution >= 4 is 29.1 Å². The van der Waals surface area contributed by atoms with Gasteiger partial charge in [-0.2, -0.15) is 0 Å². The van der Waals surface area contributed by atoms with Gasteiger partial charge in [0.25, 0.3) is 11.8 Å². The van der Waals surface area contributed by atoms with Gasteiger partial charge in [-0.15, -0.1) is 0 Å². The summed E-state index contributed by atoms with van der Waals surface area (Å²) in [6, 6.07) is 15.0. The highest BCUT2D eigenvalue weighted by atomic mass is 35.5. The van der Waals surface area contributed by atoms with Crippen LogP contribution in [0.15, 0.2) is 48.5 Å². The van der Waals surface area contributed by atoms with Crippen LogP contribution in [-0.2, 0) is 16.1 Å². The van der Waals surface area contributed by atoms with E-state index < -0.39 is 0 Å². The minimum atomic E-state index is -0.134. The van der Waals surface area contributed by atoms with Gasteiger partial charge in [-0.3, -0.25) is 9.59 Å². The van der Waals surface area contributed by atoms with E-state index in [1.807, 2.05) is 36.2 Å². The highest BCUT2D eigenvalue weighted by Crippen LogP contribution is 2.28. The van der Waals surface area contributed by atoms with Crippen LogP contribution in [0.5, 0.6) is 5.75 Å². The summed E-state index contributed by atoms with van der Waals surface area (Å²) in [5.41, 5.74) is 1.77. The molecule has 2 amide bonds. The number of nitrogens with one attached hydrogen (secondary N) is 2. The maximum Gasteiger partial charge on any atom is 0.279 e. The number of anilines is 1. The van der Waals surface area contributed by atoms with Gasteiger partial charge < -0.3 is 19.9 Å². The minimum absolute atomic E-state index is 0.0695. The molecule has 29 heavy (non-hydrogen) atoms. The molecule has 3 rings (SSSR count). The Kier molecular flexibility index (Phi) is 7.12. The fourth-order valence-electron chi connectivity index (χ4n) is 3.17.